The molecule has 27 heavy (non-hydrogen) atoms. The summed E-state index contributed by atoms with van der Waals surface area (Å²) in [7, 11) is 1.73. The maximum Gasteiger partial charge on any atom is 0.257 e. The average Bonchev–Trinajstić information content (AvgIpc) is 3.28. The highest BCUT2D eigenvalue weighted by molar-refractivity contribution is 5.95. The number of nitrogens with zero attached hydrogens (tertiary/aromatic N) is 5. The summed E-state index contributed by atoms with van der Waals surface area (Å²) in [5.41, 5.74) is 3.59. The van der Waals surface area contributed by atoms with Crippen molar-refractivity contribution in [2.24, 2.45) is 0 Å². The fourth-order valence-corrected chi connectivity index (χ4v) is 2.95. The normalized spacial score (nSPS) is 11.2. The third kappa shape index (κ3) is 3.92. The molecule has 0 aliphatic rings. The first-order chi connectivity index (χ1) is 12.9. The van der Waals surface area contributed by atoms with Crippen LogP contribution < -0.4 is 0 Å². The molecule has 0 aliphatic carbocycles. The third-order valence-electron chi connectivity index (χ3n) is 4.41. The van der Waals surface area contributed by atoms with Gasteiger partial charge in [0.2, 0.25) is 5.89 Å². The first-order valence-corrected chi connectivity index (χ1v) is 9.12. The second kappa shape index (κ2) is 7.73. The molecule has 0 N–H and O–H groups in total. The van der Waals surface area contributed by atoms with Crippen molar-refractivity contribution in [2.45, 2.75) is 46.6 Å². The number of amides is 1. The summed E-state index contributed by atoms with van der Waals surface area (Å²) in [5, 5.41) is 8.36. The SMILES string of the molecule is CCc1noc(CN(C)C(=O)c2cnn(-c3ccc(C)cc3)c2C(C)C)n1. The van der Waals surface area contributed by atoms with E-state index in [9.17, 15) is 4.79 Å². The minimum atomic E-state index is -0.117. The Labute approximate surface area is 159 Å². The number of rotatable bonds is 6. The van der Waals surface area contributed by atoms with Gasteiger partial charge < -0.3 is 9.42 Å². The van der Waals surface area contributed by atoms with Crippen LogP contribution in [0, 0.1) is 6.92 Å². The lowest BCUT2D eigenvalue weighted by Gasteiger charge is -2.17. The Morgan fingerprint density at radius 2 is 1.96 bits per heavy atom. The number of benzene rings is 1. The van der Waals surface area contributed by atoms with Gasteiger partial charge in [0, 0.05) is 13.5 Å². The van der Waals surface area contributed by atoms with Crippen LogP contribution in [0.1, 0.15) is 60.0 Å². The molecule has 7 heteroatoms. The second-order valence-electron chi connectivity index (χ2n) is 6.96. The zero-order valence-electron chi connectivity index (χ0n) is 16.4. The van der Waals surface area contributed by atoms with Gasteiger partial charge in [0.1, 0.15) is 0 Å². The van der Waals surface area contributed by atoms with Crippen molar-refractivity contribution in [3.05, 3.63) is 59.0 Å². The Kier molecular flexibility index (Phi) is 5.39. The number of carbonyl (C=O) groups excluding carboxylic acids is 1. The van der Waals surface area contributed by atoms with Gasteiger partial charge >= 0.3 is 0 Å². The summed E-state index contributed by atoms with van der Waals surface area (Å²) in [5.74, 6) is 1.09. The lowest BCUT2D eigenvalue weighted by atomic mass is 10.0. The highest BCUT2D eigenvalue weighted by Gasteiger charge is 2.24. The molecule has 7 nitrogen and oxygen atoms in total. The molecule has 0 fully saturated rings. The molecular weight excluding hydrogens is 342 g/mol. The van der Waals surface area contributed by atoms with Gasteiger partial charge in [-0.1, -0.05) is 43.6 Å². The monoisotopic (exact) mass is 367 g/mol. The summed E-state index contributed by atoms with van der Waals surface area (Å²) >= 11 is 0. The predicted molar refractivity (Wildman–Crippen MR) is 102 cm³/mol. The topological polar surface area (TPSA) is 77.0 Å². The summed E-state index contributed by atoms with van der Waals surface area (Å²) < 4.78 is 7.04. The zero-order valence-corrected chi connectivity index (χ0v) is 16.4. The van der Waals surface area contributed by atoms with Crippen LogP contribution in [0.15, 0.2) is 35.0 Å². The van der Waals surface area contributed by atoms with E-state index in [0.717, 1.165) is 11.4 Å². The first kappa shape index (κ1) is 18.8. The Morgan fingerprint density at radius 3 is 2.56 bits per heavy atom. The van der Waals surface area contributed by atoms with Crippen LogP contribution in [-0.4, -0.2) is 37.8 Å². The third-order valence-corrected chi connectivity index (χ3v) is 4.41. The number of hydrogen-bond donors (Lipinski definition) is 0. The molecule has 1 aromatic carbocycles. The van der Waals surface area contributed by atoms with Crippen LogP contribution >= 0.6 is 0 Å². The van der Waals surface area contributed by atoms with Crippen molar-refractivity contribution in [2.75, 3.05) is 7.05 Å². The fourth-order valence-electron chi connectivity index (χ4n) is 2.95. The predicted octanol–water partition coefficient (Wildman–Crippen LogP) is 3.52. The van der Waals surface area contributed by atoms with E-state index in [1.54, 1.807) is 18.1 Å². The number of hydrogen-bond acceptors (Lipinski definition) is 5. The molecule has 2 heterocycles. The number of aryl methyl sites for hydroxylation is 2. The molecule has 0 spiro atoms. The standard InChI is InChI=1S/C20H25N5O2/c1-6-17-22-18(27-23-17)12-24(5)20(26)16-11-21-25(19(16)13(2)3)15-9-7-14(4)8-10-15/h7-11,13H,6,12H2,1-5H3. The summed E-state index contributed by atoms with van der Waals surface area (Å²) in [4.78, 5) is 18.9. The van der Waals surface area contributed by atoms with Crippen molar-refractivity contribution < 1.29 is 9.32 Å². The van der Waals surface area contributed by atoms with E-state index in [-0.39, 0.29) is 18.4 Å². The Hall–Kier alpha value is -2.96. The molecule has 142 valence electrons. The molecule has 0 atom stereocenters. The van der Waals surface area contributed by atoms with Crippen molar-refractivity contribution in [1.82, 2.24) is 24.8 Å². The van der Waals surface area contributed by atoms with Crippen LogP contribution in [0.25, 0.3) is 5.69 Å². The highest BCUT2D eigenvalue weighted by Crippen LogP contribution is 2.24. The Bertz CT molecular complexity index is 924. The molecule has 0 saturated carbocycles. The Morgan fingerprint density at radius 1 is 1.26 bits per heavy atom. The lowest BCUT2D eigenvalue weighted by molar-refractivity contribution is 0.0768. The molecule has 0 unspecified atom stereocenters. The minimum Gasteiger partial charge on any atom is -0.337 e. The van der Waals surface area contributed by atoms with Crippen LogP contribution in [0.5, 0.6) is 0 Å². The molecular formula is C20H25N5O2. The fraction of sp³-hybridized carbons (Fsp3) is 0.400. The van der Waals surface area contributed by atoms with Crippen LogP contribution in [0.3, 0.4) is 0 Å². The Balaban J connectivity index is 1.88. The van der Waals surface area contributed by atoms with Crippen molar-refractivity contribution >= 4 is 5.91 Å². The molecule has 0 bridgehead atoms. The van der Waals surface area contributed by atoms with Crippen molar-refractivity contribution in [1.29, 1.82) is 0 Å². The van der Waals surface area contributed by atoms with Crippen LogP contribution in [0.2, 0.25) is 0 Å². The van der Waals surface area contributed by atoms with E-state index in [1.165, 1.54) is 5.56 Å². The van der Waals surface area contributed by atoms with Gasteiger partial charge in [0.25, 0.3) is 5.91 Å². The molecule has 2 aromatic heterocycles. The van der Waals surface area contributed by atoms with Gasteiger partial charge in [0.15, 0.2) is 5.82 Å². The zero-order chi connectivity index (χ0) is 19.6. The van der Waals surface area contributed by atoms with E-state index in [0.29, 0.717) is 23.7 Å². The van der Waals surface area contributed by atoms with E-state index < -0.39 is 0 Å². The van der Waals surface area contributed by atoms with E-state index in [1.807, 2.05) is 42.8 Å². The van der Waals surface area contributed by atoms with E-state index >= 15 is 0 Å². The molecule has 0 radical (unpaired) electrons. The van der Waals surface area contributed by atoms with E-state index in [2.05, 4.69) is 29.1 Å². The summed E-state index contributed by atoms with van der Waals surface area (Å²) in [6.07, 6.45) is 2.33. The van der Waals surface area contributed by atoms with Gasteiger partial charge in [-0.15, -0.1) is 0 Å². The first-order valence-electron chi connectivity index (χ1n) is 9.12. The van der Waals surface area contributed by atoms with Gasteiger partial charge in [-0.25, -0.2) is 4.68 Å². The highest BCUT2D eigenvalue weighted by atomic mass is 16.5. The quantitative estimate of drug-likeness (QED) is 0.666. The van der Waals surface area contributed by atoms with Crippen LogP contribution in [-0.2, 0) is 13.0 Å². The van der Waals surface area contributed by atoms with Gasteiger partial charge in [0.05, 0.1) is 29.7 Å². The minimum absolute atomic E-state index is 0.117. The van der Waals surface area contributed by atoms with E-state index in [4.69, 9.17) is 4.52 Å². The lowest BCUT2D eigenvalue weighted by Crippen LogP contribution is -2.27. The van der Waals surface area contributed by atoms with Crippen molar-refractivity contribution in [3.63, 3.8) is 0 Å². The summed E-state index contributed by atoms with van der Waals surface area (Å²) in [6.45, 7) is 8.38. The second-order valence-corrected chi connectivity index (χ2v) is 6.96. The number of carbonyl (C=O) groups is 1. The number of aromatic nitrogens is 4. The van der Waals surface area contributed by atoms with Crippen LogP contribution in [0.4, 0.5) is 0 Å². The molecule has 3 aromatic rings. The largest absolute Gasteiger partial charge is 0.337 e. The van der Waals surface area contributed by atoms with Gasteiger partial charge in [-0.05, 0) is 25.0 Å². The molecule has 0 saturated heterocycles. The summed E-state index contributed by atoms with van der Waals surface area (Å²) in [6, 6.07) is 8.10. The maximum absolute atomic E-state index is 13.0. The average molecular weight is 367 g/mol. The molecule has 0 aliphatic heterocycles. The molecule has 1 amide bonds. The smallest absolute Gasteiger partial charge is 0.257 e. The van der Waals surface area contributed by atoms with Gasteiger partial charge in [-0.2, -0.15) is 10.1 Å². The van der Waals surface area contributed by atoms with Crippen molar-refractivity contribution in [3.8, 4) is 5.69 Å². The van der Waals surface area contributed by atoms with Gasteiger partial charge in [-0.3, -0.25) is 4.79 Å². The molecule has 3 rings (SSSR count). The maximum atomic E-state index is 13.0.